The molecule has 2 spiro atoms. The monoisotopic (exact) mass is 340 g/mol. The van der Waals surface area contributed by atoms with Gasteiger partial charge in [-0.1, -0.05) is 0 Å². The van der Waals surface area contributed by atoms with Gasteiger partial charge in [-0.2, -0.15) is 0 Å². The number of carbonyl (C=O) groups is 2. The molecule has 4 heterocycles. The van der Waals surface area contributed by atoms with Gasteiger partial charge in [-0.25, -0.2) is 0 Å². The smallest absolute Gasteiger partial charge is 0.312 e. The molecule has 0 atom stereocenters. The van der Waals surface area contributed by atoms with Crippen LogP contribution in [0, 0.1) is 0 Å². The quantitative estimate of drug-likeness (QED) is 0.565. The summed E-state index contributed by atoms with van der Waals surface area (Å²) >= 11 is 0. The summed E-state index contributed by atoms with van der Waals surface area (Å²) in [5.41, 5.74) is 0. The highest BCUT2D eigenvalue weighted by Gasteiger charge is 2.44. The van der Waals surface area contributed by atoms with Crippen molar-refractivity contribution < 1.29 is 28.5 Å². The van der Waals surface area contributed by atoms with Gasteiger partial charge < -0.3 is 28.7 Å². The predicted octanol–water partition coefficient (Wildman–Crippen LogP) is -0.283. The fourth-order valence-electron chi connectivity index (χ4n) is 3.94. The third kappa shape index (κ3) is 2.92. The van der Waals surface area contributed by atoms with E-state index in [0.29, 0.717) is 78.3 Å². The number of amides is 2. The van der Waals surface area contributed by atoms with Crippen LogP contribution in [0.2, 0.25) is 0 Å². The molecule has 0 aromatic rings. The van der Waals surface area contributed by atoms with E-state index in [9.17, 15) is 9.59 Å². The van der Waals surface area contributed by atoms with Gasteiger partial charge in [-0.05, 0) is 0 Å². The minimum Gasteiger partial charge on any atom is -0.347 e. The van der Waals surface area contributed by atoms with E-state index in [2.05, 4.69) is 0 Å². The number of piperidine rings is 2. The normalized spacial score (nSPS) is 28.7. The van der Waals surface area contributed by atoms with Crippen molar-refractivity contribution in [1.29, 1.82) is 0 Å². The van der Waals surface area contributed by atoms with Gasteiger partial charge in [0.05, 0.1) is 26.4 Å². The first-order valence-electron chi connectivity index (χ1n) is 8.76. The van der Waals surface area contributed by atoms with E-state index < -0.39 is 23.4 Å². The molecule has 4 aliphatic rings. The van der Waals surface area contributed by atoms with E-state index in [-0.39, 0.29) is 0 Å². The second kappa shape index (κ2) is 6.25. The first-order chi connectivity index (χ1) is 11.6. The summed E-state index contributed by atoms with van der Waals surface area (Å²) in [5.74, 6) is -1.91. The average molecular weight is 340 g/mol. The Morgan fingerprint density at radius 3 is 1.17 bits per heavy atom. The third-order valence-electron chi connectivity index (χ3n) is 5.43. The molecule has 0 N–H and O–H groups in total. The second-order valence-corrected chi connectivity index (χ2v) is 6.80. The molecule has 0 saturated carbocycles. The molecule has 2 amide bonds. The maximum Gasteiger partial charge on any atom is 0.312 e. The van der Waals surface area contributed by atoms with Crippen LogP contribution in [0.3, 0.4) is 0 Å². The molecule has 8 heteroatoms. The minimum absolute atomic E-state index is 0.424. The summed E-state index contributed by atoms with van der Waals surface area (Å²) in [6, 6.07) is 0. The van der Waals surface area contributed by atoms with Crippen molar-refractivity contribution in [2.75, 3.05) is 52.6 Å². The lowest BCUT2D eigenvalue weighted by Gasteiger charge is -2.40. The molecule has 0 bridgehead atoms. The Labute approximate surface area is 140 Å². The molecule has 8 nitrogen and oxygen atoms in total. The summed E-state index contributed by atoms with van der Waals surface area (Å²) in [5, 5.41) is 0. The zero-order valence-corrected chi connectivity index (χ0v) is 13.8. The topological polar surface area (TPSA) is 77.5 Å². The van der Waals surface area contributed by atoms with Crippen LogP contribution in [0.4, 0.5) is 0 Å². The molecule has 4 saturated heterocycles. The van der Waals surface area contributed by atoms with Gasteiger partial charge in [0.1, 0.15) is 0 Å². The van der Waals surface area contributed by atoms with E-state index in [1.807, 2.05) is 0 Å². The van der Waals surface area contributed by atoms with Crippen LogP contribution < -0.4 is 0 Å². The molecular formula is C16H24N2O6. The first-order valence-corrected chi connectivity index (χ1v) is 8.76. The van der Waals surface area contributed by atoms with Gasteiger partial charge in [0.25, 0.3) is 0 Å². The Kier molecular flexibility index (Phi) is 4.24. The molecule has 0 unspecified atom stereocenters. The van der Waals surface area contributed by atoms with Gasteiger partial charge in [0.2, 0.25) is 0 Å². The predicted molar refractivity (Wildman–Crippen MR) is 80.9 cm³/mol. The zero-order valence-electron chi connectivity index (χ0n) is 13.8. The largest absolute Gasteiger partial charge is 0.347 e. The highest BCUT2D eigenvalue weighted by Crippen LogP contribution is 2.33. The van der Waals surface area contributed by atoms with Crippen molar-refractivity contribution in [3.63, 3.8) is 0 Å². The second-order valence-electron chi connectivity index (χ2n) is 6.80. The third-order valence-corrected chi connectivity index (χ3v) is 5.43. The maximum atomic E-state index is 12.5. The van der Waals surface area contributed by atoms with Crippen LogP contribution in [0.1, 0.15) is 25.7 Å². The molecule has 134 valence electrons. The SMILES string of the molecule is O=C(C(=O)N1CCC2(CC1)OCCO2)N1CCC2(CC1)OCCO2. The van der Waals surface area contributed by atoms with Crippen LogP contribution >= 0.6 is 0 Å². The number of rotatable bonds is 0. The van der Waals surface area contributed by atoms with Gasteiger partial charge >= 0.3 is 11.8 Å². The van der Waals surface area contributed by atoms with Gasteiger partial charge in [-0.15, -0.1) is 0 Å². The van der Waals surface area contributed by atoms with Crippen molar-refractivity contribution in [3.05, 3.63) is 0 Å². The van der Waals surface area contributed by atoms with Crippen molar-refractivity contribution in [2.45, 2.75) is 37.3 Å². The van der Waals surface area contributed by atoms with Crippen LogP contribution in [0.15, 0.2) is 0 Å². The van der Waals surface area contributed by atoms with Gasteiger partial charge in [-0.3, -0.25) is 9.59 Å². The van der Waals surface area contributed by atoms with Crippen LogP contribution in [-0.4, -0.2) is 85.8 Å². The number of nitrogens with zero attached hydrogens (tertiary/aromatic N) is 2. The molecule has 0 aromatic heterocycles. The van der Waals surface area contributed by atoms with Gasteiger partial charge in [0, 0.05) is 51.9 Å². The lowest BCUT2D eigenvalue weighted by molar-refractivity contribution is -0.194. The summed E-state index contributed by atoms with van der Waals surface area (Å²) in [7, 11) is 0. The molecule has 24 heavy (non-hydrogen) atoms. The molecule has 4 aliphatic heterocycles. The van der Waals surface area contributed by atoms with Crippen LogP contribution in [0.25, 0.3) is 0 Å². The molecule has 4 fully saturated rings. The summed E-state index contributed by atoms with van der Waals surface area (Å²) in [4.78, 5) is 28.2. The van der Waals surface area contributed by atoms with E-state index in [1.165, 1.54) is 0 Å². The van der Waals surface area contributed by atoms with E-state index >= 15 is 0 Å². The zero-order chi connectivity index (χ0) is 16.6. The van der Waals surface area contributed by atoms with Gasteiger partial charge in [0.15, 0.2) is 11.6 Å². The molecular weight excluding hydrogens is 316 g/mol. The highest BCUT2D eigenvalue weighted by atomic mass is 16.7. The Bertz CT molecular complexity index is 447. The number of carbonyl (C=O) groups excluding carboxylic acids is 2. The summed E-state index contributed by atoms with van der Waals surface area (Å²) in [6.45, 7) is 4.39. The summed E-state index contributed by atoms with van der Waals surface area (Å²) in [6.07, 6.45) is 2.49. The minimum atomic E-state index is -0.533. The molecule has 0 aliphatic carbocycles. The Morgan fingerprint density at radius 1 is 0.583 bits per heavy atom. The van der Waals surface area contributed by atoms with Crippen molar-refractivity contribution in [2.24, 2.45) is 0 Å². The molecule has 0 aromatic carbocycles. The summed E-state index contributed by atoms with van der Waals surface area (Å²) < 4.78 is 22.6. The van der Waals surface area contributed by atoms with E-state index in [0.717, 1.165) is 0 Å². The maximum absolute atomic E-state index is 12.5. The number of hydrogen-bond acceptors (Lipinski definition) is 6. The lowest BCUT2D eigenvalue weighted by Crippen LogP contribution is -2.54. The Morgan fingerprint density at radius 2 is 0.875 bits per heavy atom. The number of likely N-dealkylation sites (tertiary alicyclic amines) is 2. The Hall–Kier alpha value is -1.22. The van der Waals surface area contributed by atoms with Crippen molar-refractivity contribution >= 4 is 11.8 Å². The van der Waals surface area contributed by atoms with E-state index in [4.69, 9.17) is 18.9 Å². The Balaban J connectivity index is 1.29. The van der Waals surface area contributed by atoms with Crippen molar-refractivity contribution in [3.8, 4) is 0 Å². The standard InChI is InChI=1S/C16H24N2O6/c19-13(17-5-1-15(2-6-17)21-9-10-22-15)14(20)18-7-3-16(4-8-18)23-11-12-24-16/h1-12H2. The highest BCUT2D eigenvalue weighted by molar-refractivity contribution is 6.34. The lowest BCUT2D eigenvalue weighted by atomic mass is 10.0. The number of ether oxygens (including phenoxy) is 4. The molecule has 0 radical (unpaired) electrons. The average Bonchev–Trinajstić information content (AvgIpc) is 3.26. The van der Waals surface area contributed by atoms with Crippen LogP contribution in [0.5, 0.6) is 0 Å². The number of hydrogen-bond donors (Lipinski definition) is 0. The van der Waals surface area contributed by atoms with E-state index in [1.54, 1.807) is 9.80 Å². The fourth-order valence-corrected chi connectivity index (χ4v) is 3.94. The first kappa shape index (κ1) is 16.3. The van der Waals surface area contributed by atoms with Crippen molar-refractivity contribution in [1.82, 2.24) is 9.80 Å². The van der Waals surface area contributed by atoms with Crippen LogP contribution in [-0.2, 0) is 28.5 Å². The molecule has 4 rings (SSSR count). The fraction of sp³-hybridized carbons (Fsp3) is 0.875.